The molecule has 2 fully saturated rings. The van der Waals surface area contributed by atoms with Crippen LogP contribution in [0.2, 0.25) is 0 Å². The quantitative estimate of drug-likeness (QED) is 0.540. The number of halogens is 1. The van der Waals surface area contributed by atoms with Gasteiger partial charge in [-0.25, -0.2) is 0 Å². The molecule has 3 aliphatic rings. The fraction of sp³-hybridized carbons (Fsp3) is 0.348. The SMILES string of the molecule is Cl.NC1(c2noc(C3CC(=O)N(c4ccc5c(c4)Cc4ccccc4-5)C3)n2)CCC1. The van der Waals surface area contributed by atoms with Crippen molar-refractivity contribution in [2.24, 2.45) is 5.73 Å². The van der Waals surface area contributed by atoms with E-state index in [1.807, 2.05) is 11.0 Å². The van der Waals surface area contributed by atoms with Gasteiger partial charge in [0.1, 0.15) is 0 Å². The van der Waals surface area contributed by atoms with Crippen molar-refractivity contribution < 1.29 is 9.32 Å². The van der Waals surface area contributed by atoms with Crippen molar-refractivity contribution in [1.29, 1.82) is 0 Å². The maximum absolute atomic E-state index is 12.8. The molecule has 1 unspecified atom stereocenters. The number of carbonyl (C=O) groups is 1. The Bertz CT molecular complexity index is 1140. The van der Waals surface area contributed by atoms with Gasteiger partial charge in [-0.3, -0.25) is 4.79 Å². The first-order chi connectivity index (χ1) is 14.1. The predicted molar refractivity (Wildman–Crippen MR) is 116 cm³/mol. The number of hydrogen-bond acceptors (Lipinski definition) is 5. The van der Waals surface area contributed by atoms with Gasteiger partial charge in [0.15, 0.2) is 5.82 Å². The first kappa shape index (κ1) is 19.3. The van der Waals surface area contributed by atoms with Crippen LogP contribution < -0.4 is 10.6 Å². The summed E-state index contributed by atoms with van der Waals surface area (Å²) in [6.07, 6.45) is 4.17. The molecule has 0 radical (unpaired) electrons. The van der Waals surface area contributed by atoms with E-state index in [-0.39, 0.29) is 24.2 Å². The molecule has 1 aliphatic heterocycles. The molecule has 2 N–H and O–H groups in total. The summed E-state index contributed by atoms with van der Waals surface area (Å²) in [6.45, 7) is 0.559. The number of benzene rings is 2. The third-order valence-electron chi connectivity index (χ3n) is 6.70. The number of nitrogens with two attached hydrogens (primary N) is 1. The van der Waals surface area contributed by atoms with Gasteiger partial charge in [-0.2, -0.15) is 4.98 Å². The molecule has 1 atom stereocenters. The van der Waals surface area contributed by atoms with Gasteiger partial charge in [0.05, 0.1) is 11.5 Å². The van der Waals surface area contributed by atoms with Crippen LogP contribution in [0.3, 0.4) is 0 Å². The van der Waals surface area contributed by atoms with Crippen LogP contribution in [0.15, 0.2) is 47.0 Å². The highest BCUT2D eigenvalue weighted by atomic mass is 35.5. The van der Waals surface area contributed by atoms with Crippen molar-refractivity contribution in [2.45, 2.75) is 43.6 Å². The second-order valence-electron chi connectivity index (χ2n) is 8.55. The van der Waals surface area contributed by atoms with Crippen LogP contribution in [-0.2, 0) is 16.8 Å². The lowest BCUT2D eigenvalue weighted by molar-refractivity contribution is -0.117. The van der Waals surface area contributed by atoms with Crippen molar-refractivity contribution in [3.8, 4) is 11.1 Å². The summed E-state index contributed by atoms with van der Waals surface area (Å²) >= 11 is 0. The van der Waals surface area contributed by atoms with Crippen molar-refractivity contribution >= 4 is 24.0 Å². The number of aromatic nitrogens is 2. The minimum atomic E-state index is -0.445. The molecule has 2 heterocycles. The van der Waals surface area contributed by atoms with Crippen LogP contribution in [0, 0.1) is 0 Å². The van der Waals surface area contributed by atoms with E-state index in [4.69, 9.17) is 10.3 Å². The topological polar surface area (TPSA) is 85.2 Å². The first-order valence-corrected chi connectivity index (χ1v) is 10.3. The first-order valence-electron chi connectivity index (χ1n) is 10.3. The Balaban J connectivity index is 0.00000193. The highest BCUT2D eigenvalue weighted by molar-refractivity contribution is 5.97. The lowest BCUT2D eigenvalue weighted by Crippen LogP contribution is -2.44. The van der Waals surface area contributed by atoms with E-state index in [1.54, 1.807) is 0 Å². The fourth-order valence-corrected chi connectivity index (χ4v) is 4.81. The fourth-order valence-electron chi connectivity index (χ4n) is 4.81. The molecular weight excluding hydrogens is 400 g/mol. The number of rotatable bonds is 3. The van der Waals surface area contributed by atoms with Crippen LogP contribution in [0.4, 0.5) is 5.69 Å². The Kier molecular flexibility index (Phi) is 4.45. The summed E-state index contributed by atoms with van der Waals surface area (Å²) in [5.74, 6) is 1.12. The molecule has 1 saturated carbocycles. The number of anilines is 1. The normalized spacial score (nSPS) is 21.0. The van der Waals surface area contributed by atoms with Crippen LogP contribution >= 0.6 is 12.4 Å². The average Bonchev–Trinajstić information content (AvgIpc) is 3.42. The van der Waals surface area contributed by atoms with Crippen LogP contribution in [0.1, 0.15) is 54.4 Å². The molecule has 0 spiro atoms. The van der Waals surface area contributed by atoms with E-state index < -0.39 is 5.54 Å². The molecule has 2 aliphatic carbocycles. The van der Waals surface area contributed by atoms with Gasteiger partial charge in [-0.05, 0) is 60.1 Å². The number of carbonyl (C=O) groups excluding carboxylic acids is 1. The minimum absolute atomic E-state index is 0. The zero-order chi connectivity index (χ0) is 19.6. The average molecular weight is 423 g/mol. The monoisotopic (exact) mass is 422 g/mol. The van der Waals surface area contributed by atoms with Crippen molar-refractivity contribution in [3.63, 3.8) is 0 Å². The van der Waals surface area contributed by atoms with Gasteiger partial charge in [-0.1, -0.05) is 35.5 Å². The summed E-state index contributed by atoms with van der Waals surface area (Å²) in [5, 5.41) is 4.11. The highest BCUT2D eigenvalue weighted by Crippen LogP contribution is 2.41. The Morgan fingerprint density at radius 1 is 1.10 bits per heavy atom. The van der Waals surface area contributed by atoms with Gasteiger partial charge >= 0.3 is 0 Å². The van der Waals surface area contributed by atoms with Gasteiger partial charge in [0.2, 0.25) is 11.8 Å². The summed E-state index contributed by atoms with van der Waals surface area (Å²) in [7, 11) is 0. The Morgan fingerprint density at radius 3 is 2.70 bits per heavy atom. The molecule has 7 heteroatoms. The third-order valence-corrected chi connectivity index (χ3v) is 6.70. The molecular formula is C23H23ClN4O2. The van der Waals surface area contributed by atoms with Crippen LogP contribution in [0.5, 0.6) is 0 Å². The molecule has 6 rings (SSSR count). The van der Waals surface area contributed by atoms with Crippen LogP contribution in [0.25, 0.3) is 11.1 Å². The second kappa shape index (κ2) is 6.93. The summed E-state index contributed by atoms with van der Waals surface area (Å²) < 4.78 is 5.50. The molecule has 1 aromatic heterocycles. The molecule has 1 amide bonds. The summed E-state index contributed by atoms with van der Waals surface area (Å²) in [5.41, 5.74) is 12.0. The highest BCUT2D eigenvalue weighted by Gasteiger charge is 2.41. The number of fused-ring (bicyclic) bond motifs is 3. The van der Waals surface area contributed by atoms with Crippen LogP contribution in [-0.4, -0.2) is 22.6 Å². The lowest BCUT2D eigenvalue weighted by Gasteiger charge is -2.34. The maximum atomic E-state index is 12.8. The largest absolute Gasteiger partial charge is 0.339 e. The summed E-state index contributed by atoms with van der Waals surface area (Å²) in [4.78, 5) is 19.2. The predicted octanol–water partition coefficient (Wildman–Crippen LogP) is 3.92. The standard InChI is InChI=1S/C23H22N4O2.ClH/c24-23(8-3-9-23)22-25-21(29-26-22)16-12-20(28)27(13-16)17-6-7-19-15(11-17)10-14-4-1-2-5-18(14)19;/h1-2,4-7,11,16H,3,8-10,12-13,24H2;1H. The molecule has 0 bridgehead atoms. The second-order valence-corrected chi connectivity index (χ2v) is 8.55. The van der Waals surface area contributed by atoms with E-state index in [0.717, 1.165) is 31.4 Å². The Labute approximate surface area is 180 Å². The smallest absolute Gasteiger partial charge is 0.232 e. The molecule has 30 heavy (non-hydrogen) atoms. The molecule has 154 valence electrons. The van der Waals surface area contributed by atoms with E-state index in [9.17, 15) is 4.79 Å². The van der Waals surface area contributed by atoms with Crippen molar-refractivity contribution in [1.82, 2.24) is 10.1 Å². The molecule has 3 aromatic rings. The Morgan fingerprint density at radius 2 is 1.90 bits per heavy atom. The van der Waals surface area contributed by atoms with Gasteiger partial charge in [0.25, 0.3) is 0 Å². The van der Waals surface area contributed by atoms with Gasteiger partial charge in [-0.15, -0.1) is 12.4 Å². The summed E-state index contributed by atoms with van der Waals surface area (Å²) in [6, 6.07) is 14.8. The Hall–Kier alpha value is -2.70. The lowest BCUT2D eigenvalue weighted by atomic mass is 9.77. The van der Waals surface area contributed by atoms with Crippen molar-refractivity contribution in [2.75, 3.05) is 11.4 Å². The zero-order valence-electron chi connectivity index (χ0n) is 16.5. The van der Waals surface area contributed by atoms with Gasteiger partial charge < -0.3 is 15.2 Å². The van der Waals surface area contributed by atoms with E-state index in [2.05, 4.69) is 46.5 Å². The number of nitrogens with zero attached hydrogens (tertiary/aromatic N) is 3. The molecule has 1 saturated heterocycles. The van der Waals surface area contributed by atoms with E-state index in [0.29, 0.717) is 24.7 Å². The van der Waals surface area contributed by atoms with E-state index in [1.165, 1.54) is 22.3 Å². The number of amides is 1. The van der Waals surface area contributed by atoms with Gasteiger partial charge in [0, 0.05) is 18.7 Å². The number of hydrogen-bond donors (Lipinski definition) is 1. The molecule has 2 aromatic carbocycles. The van der Waals surface area contributed by atoms with E-state index >= 15 is 0 Å². The van der Waals surface area contributed by atoms with Crippen molar-refractivity contribution in [3.05, 3.63) is 65.3 Å². The zero-order valence-corrected chi connectivity index (χ0v) is 17.3. The minimum Gasteiger partial charge on any atom is -0.339 e. The molecule has 6 nitrogen and oxygen atoms in total. The third kappa shape index (κ3) is 2.86. The maximum Gasteiger partial charge on any atom is 0.232 e.